The van der Waals surface area contributed by atoms with Gasteiger partial charge in [-0.05, 0) is 6.07 Å². The number of nitrogens with zero attached hydrogens (tertiary/aromatic N) is 2. The van der Waals surface area contributed by atoms with Gasteiger partial charge in [0.05, 0.1) is 13.1 Å². The van der Waals surface area contributed by atoms with E-state index in [0.717, 1.165) is 5.56 Å². The first kappa shape index (κ1) is 8.80. The molecule has 2 N–H and O–H groups in total. The van der Waals surface area contributed by atoms with Crippen molar-refractivity contribution in [1.82, 2.24) is 9.88 Å². The summed E-state index contributed by atoms with van der Waals surface area (Å²) in [5.74, 6) is 0.465. The molecule has 14 heavy (non-hydrogen) atoms. The number of carbonyl (C=O) groups is 1. The Bertz CT molecular complexity index is 354. The molecule has 5 heteroatoms. The second-order valence-corrected chi connectivity index (χ2v) is 3.08. The molecule has 1 aliphatic heterocycles. The number of amides is 1. The molecule has 2 rings (SSSR count). The fourth-order valence-corrected chi connectivity index (χ4v) is 1.36. The first-order valence-electron chi connectivity index (χ1n) is 4.38. The molecule has 1 amide bonds. The molecule has 1 saturated heterocycles. The first-order valence-corrected chi connectivity index (χ1v) is 4.38. The van der Waals surface area contributed by atoms with Gasteiger partial charge in [-0.3, -0.25) is 0 Å². The molecule has 0 unspecified atom stereocenters. The van der Waals surface area contributed by atoms with Crippen LogP contribution in [0.15, 0.2) is 18.3 Å². The Kier molecular flexibility index (Phi) is 2.22. The highest BCUT2D eigenvalue weighted by Crippen LogP contribution is 2.13. The predicted octanol–water partition coefficient (Wildman–Crippen LogP) is 0.616. The summed E-state index contributed by atoms with van der Waals surface area (Å²) in [4.78, 5) is 16.7. The van der Waals surface area contributed by atoms with Gasteiger partial charge < -0.3 is 15.4 Å². The van der Waals surface area contributed by atoms with Crippen molar-refractivity contribution in [2.24, 2.45) is 0 Å². The summed E-state index contributed by atoms with van der Waals surface area (Å²) in [5, 5.41) is 0. The number of rotatable bonds is 2. The Morgan fingerprint density at radius 1 is 1.64 bits per heavy atom. The number of carbonyl (C=O) groups excluding carboxylic acids is 1. The first-order chi connectivity index (χ1) is 6.77. The van der Waals surface area contributed by atoms with Crippen LogP contribution in [-0.2, 0) is 11.3 Å². The zero-order valence-electron chi connectivity index (χ0n) is 7.64. The molecule has 1 aromatic heterocycles. The van der Waals surface area contributed by atoms with E-state index in [2.05, 4.69) is 4.98 Å². The number of cyclic esters (lactones) is 1. The van der Waals surface area contributed by atoms with Crippen LogP contribution in [0.4, 0.5) is 10.6 Å². The number of hydrogen-bond acceptors (Lipinski definition) is 4. The Balaban J connectivity index is 2.10. The zero-order valence-corrected chi connectivity index (χ0v) is 7.64. The Morgan fingerprint density at radius 2 is 2.50 bits per heavy atom. The number of nitrogen functional groups attached to an aromatic ring is 1. The molecule has 5 nitrogen and oxygen atoms in total. The average Bonchev–Trinajstić information content (AvgIpc) is 2.56. The molecule has 1 fully saturated rings. The summed E-state index contributed by atoms with van der Waals surface area (Å²) >= 11 is 0. The number of ether oxygens (including phenoxy) is 1. The van der Waals surface area contributed by atoms with E-state index in [1.165, 1.54) is 0 Å². The normalized spacial score (nSPS) is 15.7. The van der Waals surface area contributed by atoms with Crippen molar-refractivity contribution in [3.8, 4) is 0 Å². The minimum Gasteiger partial charge on any atom is -0.448 e. The molecule has 0 aliphatic carbocycles. The maximum absolute atomic E-state index is 11.1. The molecule has 0 radical (unpaired) electrons. The van der Waals surface area contributed by atoms with Gasteiger partial charge in [-0.15, -0.1) is 0 Å². The van der Waals surface area contributed by atoms with Crippen LogP contribution in [0.5, 0.6) is 0 Å². The minimum absolute atomic E-state index is 0.284. The van der Waals surface area contributed by atoms with Gasteiger partial charge in [0.1, 0.15) is 12.4 Å². The van der Waals surface area contributed by atoms with Crippen LogP contribution in [0.25, 0.3) is 0 Å². The van der Waals surface area contributed by atoms with E-state index in [-0.39, 0.29) is 6.09 Å². The zero-order chi connectivity index (χ0) is 9.97. The third-order valence-corrected chi connectivity index (χ3v) is 2.13. The monoisotopic (exact) mass is 193 g/mol. The lowest BCUT2D eigenvalue weighted by molar-refractivity contribution is 0.157. The van der Waals surface area contributed by atoms with Gasteiger partial charge in [0.2, 0.25) is 0 Å². The number of aromatic nitrogens is 1. The van der Waals surface area contributed by atoms with E-state index in [4.69, 9.17) is 10.5 Å². The number of hydrogen-bond donors (Lipinski definition) is 1. The molecule has 0 spiro atoms. The quantitative estimate of drug-likeness (QED) is 0.747. The van der Waals surface area contributed by atoms with E-state index >= 15 is 0 Å². The van der Waals surface area contributed by atoms with Gasteiger partial charge in [-0.2, -0.15) is 0 Å². The lowest BCUT2D eigenvalue weighted by Gasteiger charge is -2.12. The fourth-order valence-electron chi connectivity index (χ4n) is 1.36. The summed E-state index contributed by atoms with van der Waals surface area (Å²) in [6, 6.07) is 3.65. The van der Waals surface area contributed by atoms with Crippen LogP contribution in [0.1, 0.15) is 5.56 Å². The standard InChI is InChI=1S/C9H11N3O2/c10-8-7(2-1-3-11-8)6-12-4-5-14-9(12)13/h1-3H,4-6H2,(H2,10,11). The second-order valence-electron chi connectivity index (χ2n) is 3.08. The van der Waals surface area contributed by atoms with E-state index in [0.29, 0.717) is 25.5 Å². The third kappa shape index (κ3) is 1.61. The summed E-state index contributed by atoms with van der Waals surface area (Å²) in [5.41, 5.74) is 6.51. The second kappa shape index (κ2) is 3.53. The molecule has 0 aromatic carbocycles. The summed E-state index contributed by atoms with van der Waals surface area (Å²) in [6.07, 6.45) is 1.34. The summed E-state index contributed by atoms with van der Waals surface area (Å²) in [6.45, 7) is 1.55. The Labute approximate surface area is 81.5 Å². The molecule has 0 bridgehead atoms. The van der Waals surface area contributed by atoms with Crippen molar-refractivity contribution in [3.63, 3.8) is 0 Å². The molecular weight excluding hydrogens is 182 g/mol. The van der Waals surface area contributed by atoms with Gasteiger partial charge >= 0.3 is 6.09 Å². The maximum Gasteiger partial charge on any atom is 0.410 e. The van der Waals surface area contributed by atoms with Crippen LogP contribution in [0.2, 0.25) is 0 Å². The Morgan fingerprint density at radius 3 is 3.14 bits per heavy atom. The maximum atomic E-state index is 11.1. The fraction of sp³-hybridized carbons (Fsp3) is 0.333. The van der Waals surface area contributed by atoms with Crippen molar-refractivity contribution in [3.05, 3.63) is 23.9 Å². The predicted molar refractivity (Wildman–Crippen MR) is 50.4 cm³/mol. The van der Waals surface area contributed by atoms with Gasteiger partial charge in [-0.25, -0.2) is 9.78 Å². The van der Waals surface area contributed by atoms with Gasteiger partial charge in [-0.1, -0.05) is 6.07 Å². The van der Waals surface area contributed by atoms with Crippen molar-refractivity contribution < 1.29 is 9.53 Å². The van der Waals surface area contributed by atoms with Crippen molar-refractivity contribution in [1.29, 1.82) is 0 Å². The van der Waals surface area contributed by atoms with Crippen LogP contribution >= 0.6 is 0 Å². The SMILES string of the molecule is Nc1ncccc1CN1CCOC1=O. The highest BCUT2D eigenvalue weighted by atomic mass is 16.6. The van der Waals surface area contributed by atoms with E-state index in [1.54, 1.807) is 17.2 Å². The largest absolute Gasteiger partial charge is 0.448 e. The van der Waals surface area contributed by atoms with E-state index < -0.39 is 0 Å². The third-order valence-electron chi connectivity index (χ3n) is 2.13. The topological polar surface area (TPSA) is 68.4 Å². The lowest BCUT2D eigenvalue weighted by atomic mass is 10.2. The van der Waals surface area contributed by atoms with Crippen molar-refractivity contribution in [2.45, 2.75) is 6.54 Å². The van der Waals surface area contributed by atoms with Gasteiger partial charge in [0.15, 0.2) is 0 Å². The van der Waals surface area contributed by atoms with Crippen LogP contribution in [-0.4, -0.2) is 29.1 Å². The highest BCUT2D eigenvalue weighted by molar-refractivity contribution is 5.69. The summed E-state index contributed by atoms with van der Waals surface area (Å²) in [7, 11) is 0. The molecule has 1 aromatic rings. The molecular formula is C9H11N3O2. The minimum atomic E-state index is -0.284. The van der Waals surface area contributed by atoms with Crippen LogP contribution < -0.4 is 5.73 Å². The molecule has 74 valence electrons. The molecule has 0 atom stereocenters. The van der Waals surface area contributed by atoms with Gasteiger partial charge in [0, 0.05) is 11.8 Å². The number of nitrogens with two attached hydrogens (primary N) is 1. The van der Waals surface area contributed by atoms with E-state index in [9.17, 15) is 4.79 Å². The molecule has 1 aliphatic rings. The van der Waals surface area contributed by atoms with Crippen LogP contribution in [0.3, 0.4) is 0 Å². The average molecular weight is 193 g/mol. The Hall–Kier alpha value is -1.78. The highest BCUT2D eigenvalue weighted by Gasteiger charge is 2.22. The summed E-state index contributed by atoms with van der Waals surface area (Å²) < 4.78 is 4.80. The van der Waals surface area contributed by atoms with Crippen LogP contribution in [0, 0.1) is 0 Å². The number of pyridine rings is 1. The van der Waals surface area contributed by atoms with Crippen molar-refractivity contribution >= 4 is 11.9 Å². The lowest BCUT2D eigenvalue weighted by Crippen LogP contribution is -2.24. The number of anilines is 1. The van der Waals surface area contributed by atoms with Gasteiger partial charge in [0.25, 0.3) is 0 Å². The van der Waals surface area contributed by atoms with Crippen molar-refractivity contribution in [2.75, 3.05) is 18.9 Å². The molecule has 2 heterocycles. The smallest absolute Gasteiger partial charge is 0.410 e. The van der Waals surface area contributed by atoms with E-state index in [1.807, 2.05) is 6.07 Å². The molecule has 0 saturated carbocycles.